The summed E-state index contributed by atoms with van der Waals surface area (Å²) < 4.78 is 0. The van der Waals surface area contributed by atoms with Crippen molar-refractivity contribution in [1.82, 2.24) is 5.32 Å². The number of nitrogens with two attached hydrogens (primary N) is 1. The largest absolute Gasteiger partial charge is 0.351 e. The lowest BCUT2D eigenvalue weighted by Crippen LogP contribution is -2.48. The fourth-order valence-electron chi connectivity index (χ4n) is 2.53. The third-order valence-electron chi connectivity index (χ3n) is 3.52. The van der Waals surface area contributed by atoms with Crippen molar-refractivity contribution in [3.63, 3.8) is 0 Å². The number of carbonyl (C=O) groups is 2. The Morgan fingerprint density at radius 2 is 2.14 bits per heavy atom. The molecule has 120 valence electrons. The summed E-state index contributed by atoms with van der Waals surface area (Å²) in [6.45, 7) is 4.64. The van der Waals surface area contributed by atoms with E-state index in [0.717, 1.165) is 17.0 Å². The molecule has 1 aromatic carbocycles. The van der Waals surface area contributed by atoms with E-state index in [2.05, 4.69) is 19.2 Å². The third-order valence-corrected chi connectivity index (χ3v) is 4.56. The quantitative estimate of drug-likeness (QED) is 0.835. The Hall–Kier alpha value is -1.53. The first-order valence-electron chi connectivity index (χ1n) is 7.53. The molecule has 0 bridgehead atoms. The molecule has 1 unspecified atom stereocenters. The van der Waals surface area contributed by atoms with Crippen LogP contribution in [0.1, 0.15) is 20.3 Å². The predicted octanol–water partition coefficient (Wildman–Crippen LogP) is 1.61. The Balaban J connectivity index is 2.03. The molecule has 1 aliphatic rings. The van der Waals surface area contributed by atoms with Crippen LogP contribution in [0.5, 0.6) is 0 Å². The normalized spacial score (nSPS) is 15.6. The molecule has 3 N–H and O–H groups in total. The van der Waals surface area contributed by atoms with Crippen LogP contribution in [0.3, 0.4) is 0 Å². The zero-order valence-electron chi connectivity index (χ0n) is 13.0. The molecule has 1 aliphatic heterocycles. The van der Waals surface area contributed by atoms with E-state index in [9.17, 15) is 9.59 Å². The van der Waals surface area contributed by atoms with Crippen molar-refractivity contribution in [3.05, 3.63) is 24.3 Å². The Bertz CT molecular complexity index is 548. The van der Waals surface area contributed by atoms with Crippen LogP contribution < -0.4 is 16.0 Å². The van der Waals surface area contributed by atoms with Crippen molar-refractivity contribution >= 4 is 29.3 Å². The second-order valence-electron chi connectivity index (χ2n) is 5.87. The molecular formula is C16H23N3O2S. The first-order valence-corrected chi connectivity index (χ1v) is 8.51. The lowest BCUT2D eigenvalue weighted by atomic mass is 10.0. The molecule has 0 spiro atoms. The van der Waals surface area contributed by atoms with Gasteiger partial charge < -0.3 is 16.0 Å². The summed E-state index contributed by atoms with van der Waals surface area (Å²) in [4.78, 5) is 27.0. The number of hydrogen-bond acceptors (Lipinski definition) is 4. The number of amides is 2. The molecule has 0 fully saturated rings. The highest BCUT2D eigenvalue weighted by Gasteiger charge is 2.26. The van der Waals surface area contributed by atoms with Gasteiger partial charge in [-0.3, -0.25) is 9.59 Å². The molecule has 2 rings (SSSR count). The highest BCUT2D eigenvalue weighted by molar-refractivity contribution is 8.00. The van der Waals surface area contributed by atoms with E-state index in [1.807, 2.05) is 24.3 Å². The molecule has 0 aliphatic carbocycles. The zero-order valence-corrected chi connectivity index (χ0v) is 13.9. The van der Waals surface area contributed by atoms with Crippen molar-refractivity contribution in [2.75, 3.05) is 23.7 Å². The number of fused-ring (bicyclic) bond motifs is 1. The van der Waals surface area contributed by atoms with Crippen molar-refractivity contribution in [3.8, 4) is 0 Å². The van der Waals surface area contributed by atoms with Gasteiger partial charge in [0.15, 0.2) is 0 Å². The monoisotopic (exact) mass is 321 g/mol. The highest BCUT2D eigenvalue weighted by atomic mass is 32.2. The van der Waals surface area contributed by atoms with Crippen LogP contribution in [0.4, 0.5) is 5.69 Å². The van der Waals surface area contributed by atoms with Gasteiger partial charge in [-0.2, -0.15) is 0 Å². The van der Waals surface area contributed by atoms with E-state index in [1.165, 1.54) is 11.8 Å². The van der Waals surface area contributed by atoms with Crippen molar-refractivity contribution in [2.24, 2.45) is 11.7 Å². The van der Waals surface area contributed by atoms with Crippen LogP contribution >= 0.6 is 11.8 Å². The van der Waals surface area contributed by atoms with Crippen LogP contribution in [0.15, 0.2) is 29.2 Å². The van der Waals surface area contributed by atoms with Gasteiger partial charge in [-0.05, 0) is 24.5 Å². The van der Waals surface area contributed by atoms with Gasteiger partial charge >= 0.3 is 0 Å². The van der Waals surface area contributed by atoms with E-state index in [-0.39, 0.29) is 24.4 Å². The molecule has 1 aromatic rings. The first kappa shape index (κ1) is 16.8. The van der Waals surface area contributed by atoms with Crippen molar-refractivity contribution in [2.45, 2.75) is 31.2 Å². The summed E-state index contributed by atoms with van der Waals surface area (Å²) in [6, 6.07) is 7.62. The van der Waals surface area contributed by atoms with Crippen LogP contribution in [0.25, 0.3) is 0 Å². The van der Waals surface area contributed by atoms with Gasteiger partial charge in [0.25, 0.3) is 0 Å². The summed E-state index contributed by atoms with van der Waals surface area (Å²) in [5.74, 6) is 0.636. The summed E-state index contributed by atoms with van der Waals surface area (Å²) in [7, 11) is 0. The third kappa shape index (κ3) is 4.24. The molecule has 22 heavy (non-hydrogen) atoms. The van der Waals surface area contributed by atoms with E-state index in [0.29, 0.717) is 18.2 Å². The number of benzene rings is 1. The lowest BCUT2D eigenvalue weighted by molar-refractivity contribution is -0.123. The number of thioether (sulfide) groups is 1. The SMILES string of the molecule is CC(C)CC(CN)NC(=O)CN1C(=O)CSc2ccccc21. The van der Waals surface area contributed by atoms with E-state index in [1.54, 1.807) is 4.90 Å². The average molecular weight is 321 g/mol. The fourth-order valence-corrected chi connectivity index (χ4v) is 3.46. The van der Waals surface area contributed by atoms with Gasteiger partial charge in [0.1, 0.15) is 6.54 Å². The van der Waals surface area contributed by atoms with Crippen LogP contribution in [-0.2, 0) is 9.59 Å². The first-order chi connectivity index (χ1) is 10.5. The minimum absolute atomic E-state index is 0.0352. The number of carbonyl (C=O) groups excluding carboxylic acids is 2. The summed E-state index contributed by atoms with van der Waals surface area (Å²) >= 11 is 1.51. The average Bonchev–Trinajstić information content (AvgIpc) is 2.49. The number of rotatable bonds is 6. The smallest absolute Gasteiger partial charge is 0.240 e. The molecule has 0 saturated heterocycles. The number of nitrogens with one attached hydrogen (secondary N) is 1. The molecule has 1 heterocycles. The number of hydrogen-bond donors (Lipinski definition) is 2. The Morgan fingerprint density at radius 1 is 1.41 bits per heavy atom. The molecule has 2 amide bonds. The lowest BCUT2D eigenvalue weighted by Gasteiger charge is -2.29. The minimum Gasteiger partial charge on any atom is -0.351 e. The Morgan fingerprint density at radius 3 is 2.82 bits per heavy atom. The highest BCUT2D eigenvalue weighted by Crippen LogP contribution is 2.34. The zero-order chi connectivity index (χ0) is 16.1. The van der Waals surface area contributed by atoms with E-state index in [4.69, 9.17) is 5.73 Å². The maximum atomic E-state index is 12.3. The predicted molar refractivity (Wildman–Crippen MR) is 90.0 cm³/mol. The number of anilines is 1. The van der Waals surface area contributed by atoms with Crippen LogP contribution in [0, 0.1) is 5.92 Å². The van der Waals surface area contributed by atoms with Gasteiger partial charge in [0.2, 0.25) is 11.8 Å². The van der Waals surface area contributed by atoms with E-state index >= 15 is 0 Å². The number of nitrogens with zero attached hydrogens (tertiary/aromatic N) is 1. The van der Waals surface area contributed by atoms with Gasteiger partial charge in [0.05, 0.1) is 11.4 Å². The summed E-state index contributed by atoms with van der Waals surface area (Å²) in [6.07, 6.45) is 0.836. The minimum atomic E-state index is -0.161. The van der Waals surface area contributed by atoms with Gasteiger partial charge in [-0.25, -0.2) is 0 Å². The topological polar surface area (TPSA) is 75.4 Å². The van der Waals surface area contributed by atoms with Gasteiger partial charge in [-0.15, -0.1) is 11.8 Å². The second-order valence-corrected chi connectivity index (χ2v) is 6.88. The maximum absolute atomic E-state index is 12.3. The van der Waals surface area contributed by atoms with Gasteiger partial charge in [-0.1, -0.05) is 26.0 Å². The van der Waals surface area contributed by atoms with Crippen molar-refractivity contribution in [1.29, 1.82) is 0 Å². The summed E-state index contributed by atoms with van der Waals surface area (Å²) in [5.41, 5.74) is 6.52. The fraction of sp³-hybridized carbons (Fsp3) is 0.500. The van der Waals surface area contributed by atoms with Gasteiger partial charge in [0, 0.05) is 17.5 Å². The molecule has 1 atom stereocenters. The molecular weight excluding hydrogens is 298 g/mol. The summed E-state index contributed by atoms with van der Waals surface area (Å²) in [5, 5.41) is 2.93. The van der Waals surface area contributed by atoms with Crippen LogP contribution in [-0.4, -0.2) is 36.7 Å². The standard InChI is InChI=1S/C16H23N3O2S/c1-11(2)7-12(8-17)18-15(20)9-19-13-5-3-4-6-14(13)22-10-16(19)21/h3-6,11-12H,7-10,17H2,1-2H3,(H,18,20). The molecule has 5 nitrogen and oxygen atoms in total. The maximum Gasteiger partial charge on any atom is 0.240 e. The van der Waals surface area contributed by atoms with E-state index < -0.39 is 0 Å². The second kappa shape index (κ2) is 7.65. The molecule has 0 radical (unpaired) electrons. The Labute approximate surface area is 135 Å². The molecule has 0 aromatic heterocycles. The van der Waals surface area contributed by atoms with Crippen LogP contribution in [0.2, 0.25) is 0 Å². The Kier molecular flexibility index (Phi) is 5.85. The molecule has 0 saturated carbocycles. The molecule has 6 heteroatoms. The van der Waals surface area contributed by atoms with Crippen molar-refractivity contribution < 1.29 is 9.59 Å². The number of para-hydroxylation sites is 1.